The van der Waals surface area contributed by atoms with Crippen LogP contribution in [-0.4, -0.2) is 34.9 Å². The predicted octanol–water partition coefficient (Wildman–Crippen LogP) is 4.98. The van der Waals surface area contributed by atoms with E-state index < -0.39 is 5.92 Å². The highest BCUT2D eigenvalue weighted by Gasteiger charge is 2.44. The third-order valence-electron chi connectivity index (χ3n) is 7.43. The lowest BCUT2D eigenvalue weighted by atomic mass is 9.85. The van der Waals surface area contributed by atoms with E-state index in [0.717, 1.165) is 31.6 Å². The van der Waals surface area contributed by atoms with Gasteiger partial charge in [-0.2, -0.15) is 0 Å². The molecule has 1 aromatic carbocycles. The second-order valence-corrected chi connectivity index (χ2v) is 9.65. The van der Waals surface area contributed by atoms with Gasteiger partial charge in [0.05, 0.1) is 11.3 Å². The average molecular weight is 442 g/mol. The SMILES string of the molecule is Nc1ccc(C(=O)Nc2nccc(C3CCC(F)(F)CC3)n2)c(N2CCC3(CC2)CC3)c1. The lowest BCUT2D eigenvalue weighted by Gasteiger charge is -2.35. The molecule has 2 saturated carbocycles. The maximum atomic E-state index is 13.5. The number of nitrogen functional groups attached to an aromatic ring is 1. The number of anilines is 3. The Balaban J connectivity index is 1.31. The van der Waals surface area contributed by atoms with Crippen molar-refractivity contribution in [2.75, 3.05) is 29.0 Å². The third-order valence-corrected chi connectivity index (χ3v) is 7.43. The van der Waals surface area contributed by atoms with E-state index in [4.69, 9.17) is 5.73 Å². The first-order chi connectivity index (χ1) is 15.3. The number of nitrogens with two attached hydrogens (primary N) is 1. The van der Waals surface area contributed by atoms with Gasteiger partial charge in [-0.25, -0.2) is 18.7 Å². The molecule has 3 N–H and O–H groups in total. The van der Waals surface area contributed by atoms with Crippen molar-refractivity contribution in [2.24, 2.45) is 5.41 Å². The molecule has 3 aliphatic rings. The van der Waals surface area contributed by atoms with Gasteiger partial charge >= 0.3 is 0 Å². The number of alkyl halides is 2. The maximum absolute atomic E-state index is 13.5. The molecule has 1 spiro atoms. The van der Waals surface area contributed by atoms with Crippen molar-refractivity contribution in [3.05, 3.63) is 41.7 Å². The summed E-state index contributed by atoms with van der Waals surface area (Å²) in [6, 6.07) is 7.08. The van der Waals surface area contributed by atoms with Gasteiger partial charge in [0.2, 0.25) is 11.9 Å². The van der Waals surface area contributed by atoms with Crippen LogP contribution in [0.15, 0.2) is 30.5 Å². The molecule has 6 nitrogen and oxygen atoms in total. The summed E-state index contributed by atoms with van der Waals surface area (Å²) in [5.41, 5.74) is 9.28. The fourth-order valence-corrected chi connectivity index (χ4v) is 5.07. The van der Waals surface area contributed by atoms with Crippen LogP contribution in [0.4, 0.5) is 26.1 Å². The number of rotatable bonds is 4. The molecule has 1 saturated heterocycles. The van der Waals surface area contributed by atoms with Crippen molar-refractivity contribution < 1.29 is 13.6 Å². The van der Waals surface area contributed by atoms with Gasteiger partial charge < -0.3 is 10.6 Å². The summed E-state index contributed by atoms with van der Waals surface area (Å²) in [6.45, 7) is 1.84. The summed E-state index contributed by atoms with van der Waals surface area (Å²) in [6.07, 6.45) is 7.02. The summed E-state index contributed by atoms with van der Waals surface area (Å²) >= 11 is 0. The van der Waals surface area contributed by atoms with Gasteiger partial charge in [-0.1, -0.05) is 0 Å². The standard InChI is InChI=1S/C24H29F2N5O/c25-24(26)6-3-16(4-7-24)19-5-12-28-22(29-19)30-21(32)18-2-1-17(27)15-20(18)31-13-10-23(8-9-23)11-14-31/h1-2,5,12,15-16H,3-4,6-11,13-14,27H2,(H,28,29,30,32). The molecule has 5 rings (SSSR count). The number of hydrogen-bond donors (Lipinski definition) is 2. The van der Waals surface area contributed by atoms with Crippen LogP contribution < -0.4 is 16.0 Å². The Morgan fingerprint density at radius 1 is 1.06 bits per heavy atom. The van der Waals surface area contributed by atoms with Gasteiger partial charge in [0.15, 0.2) is 0 Å². The second-order valence-electron chi connectivity index (χ2n) is 9.65. The Hall–Kier alpha value is -2.77. The van der Waals surface area contributed by atoms with Gasteiger partial charge in [0.25, 0.3) is 5.91 Å². The molecule has 2 heterocycles. The zero-order valence-electron chi connectivity index (χ0n) is 18.1. The summed E-state index contributed by atoms with van der Waals surface area (Å²) in [7, 11) is 0. The molecule has 1 amide bonds. The van der Waals surface area contributed by atoms with Crippen LogP contribution in [-0.2, 0) is 0 Å². The quantitative estimate of drug-likeness (QED) is 0.654. The minimum atomic E-state index is -2.58. The summed E-state index contributed by atoms with van der Waals surface area (Å²) in [5.74, 6) is -2.72. The molecule has 0 radical (unpaired) electrons. The average Bonchev–Trinajstić information content (AvgIpc) is 3.53. The van der Waals surface area contributed by atoms with E-state index in [1.807, 2.05) is 6.07 Å². The molecule has 2 aromatic rings. The first-order valence-corrected chi connectivity index (χ1v) is 11.5. The minimum absolute atomic E-state index is 0.0385. The highest BCUT2D eigenvalue weighted by atomic mass is 19.3. The van der Waals surface area contributed by atoms with Crippen LogP contribution in [0.2, 0.25) is 0 Å². The normalized spacial score (nSPS) is 22.0. The summed E-state index contributed by atoms with van der Waals surface area (Å²) in [4.78, 5) is 24.0. The van der Waals surface area contributed by atoms with Crippen molar-refractivity contribution in [1.82, 2.24) is 9.97 Å². The highest BCUT2D eigenvalue weighted by molar-refractivity contribution is 6.07. The monoisotopic (exact) mass is 441 g/mol. The van der Waals surface area contributed by atoms with Crippen LogP contribution in [0.3, 0.4) is 0 Å². The zero-order valence-corrected chi connectivity index (χ0v) is 18.1. The van der Waals surface area contributed by atoms with Gasteiger partial charge in [0.1, 0.15) is 0 Å². The molecule has 0 unspecified atom stereocenters. The van der Waals surface area contributed by atoms with E-state index >= 15 is 0 Å². The van der Waals surface area contributed by atoms with Crippen LogP contribution in [0.5, 0.6) is 0 Å². The van der Waals surface area contributed by atoms with Gasteiger partial charge in [-0.05, 0) is 68.2 Å². The number of aromatic nitrogens is 2. The Kier molecular flexibility index (Phi) is 5.26. The Labute approximate surface area is 186 Å². The number of piperidine rings is 1. The molecular formula is C24H29F2N5O. The largest absolute Gasteiger partial charge is 0.399 e. The Bertz CT molecular complexity index is 1000. The zero-order chi connectivity index (χ0) is 22.3. The molecule has 170 valence electrons. The van der Waals surface area contributed by atoms with Gasteiger partial charge in [-0.3, -0.25) is 10.1 Å². The molecule has 3 fully saturated rings. The minimum Gasteiger partial charge on any atom is -0.399 e. The molecule has 1 aliphatic heterocycles. The number of hydrogen-bond acceptors (Lipinski definition) is 5. The highest BCUT2D eigenvalue weighted by Crippen LogP contribution is 2.54. The molecule has 32 heavy (non-hydrogen) atoms. The predicted molar refractivity (Wildman–Crippen MR) is 120 cm³/mol. The van der Waals surface area contributed by atoms with E-state index in [9.17, 15) is 13.6 Å². The third kappa shape index (κ3) is 4.40. The van der Waals surface area contributed by atoms with Crippen molar-refractivity contribution in [3.8, 4) is 0 Å². The van der Waals surface area contributed by atoms with Crippen molar-refractivity contribution in [3.63, 3.8) is 0 Å². The lowest BCUT2D eigenvalue weighted by molar-refractivity contribution is -0.0384. The summed E-state index contributed by atoms with van der Waals surface area (Å²) < 4.78 is 27.0. The van der Waals surface area contributed by atoms with Crippen LogP contribution in [0.25, 0.3) is 0 Å². The molecule has 0 atom stereocenters. The van der Waals surface area contributed by atoms with Crippen LogP contribution >= 0.6 is 0 Å². The topological polar surface area (TPSA) is 84.1 Å². The second kappa shape index (κ2) is 7.98. The van der Waals surface area contributed by atoms with Crippen LogP contribution in [0.1, 0.15) is 73.3 Å². The summed E-state index contributed by atoms with van der Waals surface area (Å²) in [5, 5.41) is 2.80. The van der Waals surface area contributed by atoms with Crippen molar-refractivity contribution in [2.45, 2.75) is 63.2 Å². The fraction of sp³-hybridized carbons (Fsp3) is 0.542. The van der Waals surface area contributed by atoms with E-state index in [-0.39, 0.29) is 30.6 Å². The number of carbonyl (C=O) groups is 1. The number of carbonyl (C=O) groups excluding carboxylic acids is 1. The number of nitrogens with one attached hydrogen (secondary N) is 1. The van der Waals surface area contributed by atoms with Gasteiger partial charge in [0, 0.05) is 49.4 Å². The molecule has 0 bridgehead atoms. The molecule has 1 aromatic heterocycles. The van der Waals surface area contributed by atoms with E-state index in [1.54, 1.807) is 24.4 Å². The number of nitrogens with zero attached hydrogens (tertiary/aromatic N) is 3. The van der Waals surface area contributed by atoms with E-state index in [1.165, 1.54) is 12.8 Å². The molecular weight excluding hydrogens is 412 g/mol. The van der Waals surface area contributed by atoms with E-state index in [0.29, 0.717) is 35.2 Å². The smallest absolute Gasteiger partial charge is 0.260 e. The lowest BCUT2D eigenvalue weighted by Crippen LogP contribution is -2.35. The van der Waals surface area contributed by atoms with Crippen molar-refractivity contribution >= 4 is 23.2 Å². The molecule has 8 heteroatoms. The number of halogens is 2. The molecule has 2 aliphatic carbocycles. The van der Waals surface area contributed by atoms with Gasteiger partial charge in [-0.15, -0.1) is 0 Å². The van der Waals surface area contributed by atoms with Crippen LogP contribution in [0, 0.1) is 5.41 Å². The Morgan fingerprint density at radius 2 is 1.78 bits per heavy atom. The first kappa shape index (κ1) is 21.1. The Morgan fingerprint density at radius 3 is 2.47 bits per heavy atom. The van der Waals surface area contributed by atoms with E-state index in [2.05, 4.69) is 20.2 Å². The fourth-order valence-electron chi connectivity index (χ4n) is 5.07. The maximum Gasteiger partial charge on any atom is 0.260 e. The number of amides is 1. The first-order valence-electron chi connectivity index (χ1n) is 11.5. The number of benzene rings is 1. The van der Waals surface area contributed by atoms with Crippen molar-refractivity contribution in [1.29, 1.82) is 0 Å².